The Morgan fingerprint density at radius 2 is 1.70 bits per heavy atom. The summed E-state index contributed by atoms with van der Waals surface area (Å²) in [5.74, 6) is 1.49. The monoisotopic (exact) mass is 509 g/mol. The molecule has 5 aliphatic carbocycles. The second-order valence-corrected chi connectivity index (χ2v) is 14.9. The number of carbonyl (C=O) groups excluding carboxylic acids is 3. The van der Waals surface area contributed by atoms with Gasteiger partial charge in [0.2, 0.25) is 6.08 Å². The molecule has 0 radical (unpaired) electrons. The predicted molar refractivity (Wildman–Crippen MR) is 143 cm³/mol. The lowest BCUT2D eigenvalue weighted by Gasteiger charge is -2.70. The molecule has 0 spiro atoms. The quantitative estimate of drug-likeness (QED) is 0.232. The zero-order valence-corrected chi connectivity index (χ0v) is 24.3. The highest BCUT2D eigenvalue weighted by molar-refractivity contribution is 5.95. The smallest absolute Gasteiger partial charge is 0.302 e. The third-order valence-corrected chi connectivity index (χ3v) is 13.3. The first-order valence-corrected chi connectivity index (χ1v) is 14.7. The van der Waals surface area contributed by atoms with Crippen LogP contribution in [-0.2, 0) is 19.1 Å². The molecule has 0 N–H and O–H groups in total. The van der Waals surface area contributed by atoms with Crippen LogP contribution in [0.15, 0.2) is 16.6 Å². The number of carbonyl (C=O) groups is 2. The highest BCUT2D eigenvalue weighted by Gasteiger charge is 2.71. The molecule has 5 nitrogen and oxygen atoms in total. The summed E-state index contributed by atoms with van der Waals surface area (Å²) in [6, 6.07) is 0. The summed E-state index contributed by atoms with van der Waals surface area (Å²) in [6.07, 6.45) is 11.5. The van der Waals surface area contributed by atoms with Gasteiger partial charge in [0.1, 0.15) is 11.6 Å². The molecular weight excluding hydrogens is 462 g/mol. The van der Waals surface area contributed by atoms with Gasteiger partial charge in [-0.2, -0.15) is 4.99 Å². The van der Waals surface area contributed by atoms with Crippen molar-refractivity contribution in [1.82, 2.24) is 0 Å². The summed E-state index contributed by atoms with van der Waals surface area (Å²) in [7, 11) is 0. The van der Waals surface area contributed by atoms with Crippen LogP contribution in [0.5, 0.6) is 0 Å². The van der Waals surface area contributed by atoms with E-state index in [9.17, 15) is 14.4 Å². The number of fused-ring (bicyclic) bond motifs is 7. The van der Waals surface area contributed by atoms with E-state index in [2.05, 4.69) is 52.6 Å². The van der Waals surface area contributed by atoms with Crippen molar-refractivity contribution in [3.05, 3.63) is 11.6 Å². The van der Waals surface area contributed by atoms with Crippen LogP contribution in [0.1, 0.15) is 107 Å². The SMILES string of the molecule is CC(=O)OC1CC[C@@]2(C)[C@@H](CC[C@]3(C)[C@@H]2C(=O)C=C2[C@@H]4[C@@H](C)[C@H](C)CC[C@]4(C)CC[C@]23C)[C@@]1(C)N=C=O. The Labute approximate surface area is 223 Å². The number of aliphatic imine (C=N–C) groups is 1. The Bertz CT molecular complexity index is 1090. The van der Waals surface area contributed by atoms with Gasteiger partial charge in [0, 0.05) is 12.8 Å². The number of hydrogen-bond acceptors (Lipinski definition) is 5. The van der Waals surface area contributed by atoms with Crippen molar-refractivity contribution in [3.63, 3.8) is 0 Å². The Morgan fingerprint density at radius 1 is 1.00 bits per heavy atom. The summed E-state index contributed by atoms with van der Waals surface area (Å²) in [5.41, 5.74) is 0.348. The van der Waals surface area contributed by atoms with Crippen LogP contribution in [0.4, 0.5) is 0 Å². The Morgan fingerprint density at radius 3 is 2.35 bits per heavy atom. The van der Waals surface area contributed by atoms with Gasteiger partial charge in [0.05, 0.1) is 0 Å². The molecule has 1 unspecified atom stereocenters. The summed E-state index contributed by atoms with van der Waals surface area (Å²) in [6.45, 7) is 17.8. The minimum Gasteiger partial charge on any atom is -0.460 e. The molecule has 0 saturated heterocycles. The molecule has 11 atom stereocenters. The van der Waals surface area contributed by atoms with E-state index in [0.29, 0.717) is 24.2 Å². The molecule has 0 amide bonds. The largest absolute Gasteiger partial charge is 0.460 e. The normalized spacial score (nSPS) is 52.9. The fraction of sp³-hybridized carbons (Fsp3) is 0.844. The van der Waals surface area contributed by atoms with Crippen LogP contribution < -0.4 is 0 Å². The summed E-state index contributed by atoms with van der Waals surface area (Å²) in [5, 5.41) is 0. The number of nitrogens with zero attached hydrogens (tertiary/aromatic N) is 1. The standard InChI is InChI=1S/C32H47NO4/c1-19-9-12-28(4)15-16-30(6)22(26(28)20(19)2)17-23(36)27-29(5)13-11-25(37-21(3)35)32(8,33-18-34)24(29)10-14-31(27,30)7/h17,19-20,24-27H,9-16H2,1-8H3/t19-,20+,24-,25?,26+,27-,28-,29+,30-,31-,32-/m1/s1. The molecule has 37 heavy (non-hydrogen) atoms. The number of ketones is 1. The van der Waals surface area contributed by atoms with Crippen LogP contribution in [0.2, 0.25) is 0 Å². The van der Waals surface area contributed by atoms with Gasteiger partial charge in [0.25, 0.3) is 0 Å². The van der Waals surface area contributed by atoms with Crippen LogP contribution in [0.3, 0.4) is 0 Å². The van der Waals surface area contributed by atoms with E-state index in [0.717, 1.165) is 25.7 Å². The van der Waals surface area contributed by atoms with E-state index < -0.39 is 11.6 Å². The minimum absolute atomic E-state index is 0.0217. The Balaban J connectivity index is 1.62. The second kappa shape index (κ2) is 8.38. The van der Waals surface area contributed by atoms with Crippen LogP contribution in [0.25, 0.3) is 0 Å². The molecule has 0 aromatic heterocycles. The summed E-state index contributed by atoms with van der Waals surface area (Å²) in [4.78, 5) is 42.3. The highest BCUT2D eigenvalue weighted by Crippen LogP contribution is 2.74. The maximum absolute atomic E-state index is 14.4. The average molecular weight is 510 g/mol. The minimum atomic E-state index is -0.870. The molecule has 5 aliphatic rings. The van der Waals surface area contributed by atoms with Crippen molar-refractivity contribution in [2.75, 3.05) is 0 Å². The molecule has 5 rings (SSSR count). The lowest BCUT2D eigenvalue weighted by Crippen LogP contribution is -2.68. The number of rotatable bonds is 2. The van der Waals surface area contributed by atoms with Gasteiger partial charge < -0.3 is 4.74 Å². The molecule has 0 aliphatic heterocycles. The van der Waals surface area contributed by atoms with E-state index in [1.807, 2.05) is 13.0 Å². The fourth-order valence-corrected chi connectivity index (χ4v) is 10.9. The number of ether oxygens (including phenoxy) is 1. The van der Waals surface area contributed by atoms with Gasteiger partial charge >= 0.3 is 5.97 Å². The first-order valence-electron chi connectivity index (χ1n) is 14.7. The van der Waals surface area contributed by atoms with Gasteiger partial charge in [-0.15, -0.1) is 0 Å². The lowest BCUT2D eigenvalue weighted by atomic mass is 9.33. The molecule has 4 fully saturated rings. The summed E-state index contributed by atoms with van der Waals surface area (Å²) >= 11 is 0. The van der Waals surface area contributed by atoms with E-state index in [1.54, 1.807) is 0 Å². The first-order chi connectivity index (χ1) is 17.2. The van der Waals surface area contributed by atoms with Crippen molar-refractivity contribution >= 4 is 17.8 Å². The van der Waals surface area contributed by atoms with Crippen molar-refractivity contribution in [3.8, 4) is 0 Å². The van der Waals surface area contributed by atoms with Gasteiger partial charge in [-0.05, 0) is 110 Å². The summed E-state index contributed by atoms with van der Waals surface area (Å²) < 4.78 is 5.73. The number of hydrogen-bond donors (Lipinski definition) is 0. The van der Waals surface area contributed by atoms with Crippen LogP contribution in [-0.4, -0.2) is 29.5 Å². The van der Waals surface area contributed by atoms with Crippen LogP contribution in [0, 0.1) is 51.2 Å². The molecule has 0 aromatic carbocycles. The topological polar surface area (TPSA) is 72.8 Å². The molecule has 4 saturated carbocycles. The van der Waals surface area contributed by atoms with Crippen molar-refractivity contribution in [2.24, 2.45) is 56.2 Å². The molecular formula is C32H47NO4. The highest BCUT2D eigenvalue weighted by atomic mass is 16.5. The van der Waals surface area contributed by atoms with Gasteiger partial charge in [-0.3, -0.25) is 9.59 Å². The Hall–Kier alpha value is -1.74. The number of esters is 1. The third-order valence-electron chi connectivity index (χ3n) is 13.3. The third kappa shape index (κ3) is 3.41. The Kier molecular flexibility index (Phi) is 6.08. The van der Waals surface area contributed by atoms with E-state index in [-0.39, 0.29) is 45.2 Å². The zero-order chi connectivity index (χ0) is 27.2. The van der Waals surface area contributed by atoms with Gasteiger partial charge in [0.15, 0.2) is 5.78 Å². The van der Waals surface area contributed by atoms with Gasteiger partial charge in [-0.25, -0.2) is 4.79 Å². The molecule has 204 valence electrons. The molecule has 5 heteroatoms. The van der Waals surface area contributed by atoms with Crippen LogP contribution >= 0.6 is 0 Å². The van der Waals surface area contributed by atoms with Gasteiger partial charge in [-0.1, -0.05) is 47.1 Å². The number of allylic oxidation sites excluding steroid dienone is 2. The van der Waals surface area contributed by atoms with Crippen molar-refractivity contribution in [1.29, 1.82) is 0 Å². The fourth-order valence-electron chi connectivity index (χ4n) is 10.9. The zero-order valence-electron chi connectivity index (χ0n) is 24.3. The van der Waals surface area contributed by atoms with Crippen molar-refractivity contribution < 1.29 is 19.1 Å². The first kappa shape index (κ1) is 26.9. The lowest BCUT2D eigenvalue weighted by molar-refractivity contribution is -0.196. The van der Waals surface area contributed by atoms with E-state index in [1.165, 1.54) is 31.8 Å². The predicted octanol–water partition coefficient (Wildman–Crippen LogP) is 6.84. The molecule has 0 aromatic rings. The maximum Gasteiger partial charge on any atom is 0.302 e. The molecule has 0 heterocycles. The number of isocyanates is 1. The molecule has 0 bridgehead atoms. The second-order valence-electron chi connectivity index (χ2n) is 14.9. The van der Waals surface area contributed by atoms with Crippen molar-refractivity contribution in [2.45, 2.75) is 118 Å². The maximum atomic E-state index is 14.4. The van der Waals surface area contributed by atoms with E-state index in [4.69, 9.17) is 4.74 Å². The average Bonchev–Trinajstić information content (AvgIpc) is 2.80. The van der Waals surface area contributed by atoms with E-state index >= 15 is 0 Å².